The van der Waals surface area contributed by atoms with Gasteiger partial charge in [0, 0.05) is 16.8 Å². The van der Waals surface area contributed by atoms with E-state index in [1.165, 1.54) is 12.1 Å². The lowest BCUT2D eigenvalue weighted by atomic mass is 10.0. The highest BCUT2D eigenvalue weighted by Crippen LogP contribution is 2.26. The third-order valence-corrected chi connectivity index (χ3v) is 3.74. The van der Waals surface area contributed by atoms with Crippen molar-refractivity contribution >= 4 is 11.6 Å². The zero-order valence-electron chi connectivity index (χ0n) is 12.9. The van der Waals surface area contributed by atoms with E-state index in [-0.39, 0.29) is 18.3 Å². The number of hydrogen-bond donors (Lipinski definition) is 3. The smallest absolute Gasteiger partial charge is 0.255 e. The minimum absolute atomic E-state index is 0.0306. The Kier molecular flexibility index (Phi) is 4.59. The van der Waals surface area contributed by atoms with Gasteiger partial charge >= 0.3 is 0 Å². The highest BCUT2D eigenvalue weighted by molar-refractivity contribution is 6.05. The number of nitrogens with one attached hydrogen (secondary N) is 1. The van der Waals surface area contributed by atoms with Crippen molar-refractivity contribution in [3.8, 4) is 16.9 Å². The fourth-order valence-electron chi connectivity index (χ4n) is 2.48. The van der Waals surface area contributed by atoms with E-state index in [1.54, 1.807) is 18.2 Å². The molecule has 0 aliphatic rings. The van der Waals surface area contributed by atoms with E-state index in [0.29, 0.717) is 16.8 Å². The summed E-state index contributed by atoms with van der Waals surface area (Å²) in [7, 11) is 0. The second kappa shape index (κ2) is 6.98. The summed E-state index contributed by atoms with van der Waals surface area (Å²) in [6, 6.07) is 21.5. The number of carbonyl (C=O) groups is 1. The maximum Gasteiger partial charge on any atom is 0.255 e. The van der Waals surface area contributed by atoms with Crippen molar-refractivity contribution in [2.24, 2.45) is 0 Å². The van der Waals surface area contributed by atoms with E-state index in [1.807, 2.05) is 42.5 Å². The van der Waals surface area contributed by atoms with Gasteiger partial charge in [-0.3, -0.25) is 4.79 Å². The SMILES string of the molecule is O=C(Nc1cc(-c2ccccc2)ccc1CO)c1cccc(O)c1. The average molecular weight is 319 g/mol. The third kappa shape index (κ3) is 3.45. The van der Waals surface area contributed by atoms with E-state index < -0.39 is 0 Å². The van der Waals surface area contributed by atoms with Gasteiger partial charge in [-0.2, -0.15) is 0 Å². The number of phenols is 1. The first-order valence-electron chi connectivity index (χ1n) is 7.57. The van der Waals surface area contributed by atoms with Crippen molar-refractivity contribution in [3.63, 3.8) is 0 Å². The van der Waals surface area contributed by atoms with Crippen LogP contribution in [0.15, 0.2) is 72.8 Å². The van der Waals surface area contributed by atoms with Gasteiger partial charge in [0.15, 0.2) is 0 Å². The molecule has 0 atom stereocenters. The first-order valence-corrected chi connectivity index (χ1v) is 7.57. The Balaban J connectivity index is 1.93. The predicted molar refractivity (Wildman–Crippen MR) is 93.9 cm³/mol. The molecule has 0 saturated heterocycles. The van der Waals surface area contributed by atoms with Crippen molar-refractivity contribution in [1.82, 2.24) is 0 Å². The fourth-order valence-corrected chi connectivity index (χ4v) is 2.48. The third-order valence-electron chi connectivity index (χ3n) is 3.74. The molecule has 4 heteroatoms. The lowest BCUT2D eigenvalue weighted by Gasteiger charge is -2.12. The largest absolute Gasteiger partial charge is 0.508 e. The maximum absolute atomic E-state index is 12.4. The van der Waals surface area contributed by atoms with Crippen LogP contribution in [-0.2, 0) is 6.61 Å². The Labute approximate surface area is 140 Å². The summed E-state index contributed by atoms with van der Waals surface area (Å²) in [6.45, 7) is -0.176. The molecule has 0 aliphatic carbocycles. The van der Waals surface area contributed by atoms with Gasteiger partial charge in [-0.05, 0) is 35.4 Å². The molecule has 0 radical (unpaired) electrons. The van der Waals surface area contributed by atoms with Crippen molar-refractivity contribution in [3.05, 3.63) is 83.9 Å². The van der Waals surface area contributed by atoms with Crippen molar-refractivity contribution in [2.75, 3.05) is 5.32 Å². The summed E-state index contributed by atoms with van der Waals surface area (Å²) in [5.74, 6) is -0.311. The van der Waals surface area contributed by atoms with Crippen LogP contribution in [0.25, 0.3) is 11.1 Å². The molecular weight excluding hydrogens is 302 g/mol. The van der Waals surface area contributed by atoms with Crippen LogP contribution in [0, 0.1) is 0 Å². The molecule has 0 aromatic heterocycles. The van der Waals surface area contributed by atoms with Crippen LogP contribution in [0.2, 0.25) is 0 Å². The van der Waals surface area contributed by atoms with E-state index in [9.17, 15) is 15.0 Å². The van der Waals surface area contributed by atoms with Gasteiger partial charge in [0.05, 0.1) is 6.61 Å². The molecule has 0 saturated carbocycles. The van der Waals surface area contributed by atoms with Crippen LogP contribution in [0.1, 0.15) is 15.9 Å². The molecule has 1 amide bonds. The quantitative estimate of drug-likeness (QED) is 0.685. The molecule has 3 N–H and O–H groups in total. The molecule has 0 spiro atoms. The van der Waals surface area contributed by atoms with Crippen molar-refractivity contribution < 1.29 is 15.0 Å². The van der Waals surface area contributed by atoms with E-state index >= 15 is 0 Å². The second-order valence-corrected chi connectivity index (χ2v) is 5.40. The number of aliphatic hydroxyl groups is 1. The van der Waals surface area contributed by atoms with Gasteiger partial charge in [-0.15, -0.1) is 0 Å². The molecule has 0 bridgehead atoms. The van der Waals surface area contributed by atoms with Gasteiger partial charge in [-0.25, -0.2) is 0 Å². The molecular formula is C20H17NO3. The maximum atomic E-state index is 12.4. The molecule has 120 valence electrons. The zero-order chi connectivity index (χ0) is 16.9. The lowest BCUT2D eigenvalue weighted by molar-refractivity contribution is 0.102. The normalized spacial score (nSPS) is 10.4. The standard InChI is InChI=1S/C20H17NO3/c22-13-17-10-9-15(14-5-2-1-3-6-14)12-19(17)21-20(24)16-7-4-8-18(23)11-16/h1-12,22-23H,13H2,(H,21,24). The molecule has 3 rings (SSSR count). The molecule has 0 fully saturated rings. The lowest BCUT2D eigenvalue weighted by Crippen LogP contribution is -2.13. The van der Waals surface area contributed by atoms with E-state index in [2.05, 4.69) is 5.32 Å². The molecule has 3 aromatic carbocycles. The van der Waals surface area contributed by atoms with Crippen LogP contribution >= 0.6 is 0 Å². The topological polar surface area (TPSA) is 69.6 Å². The summed E-state index contributed by atoms with van der Waals surface area (Å²) in [5.41, 5.74) is 3.49. The zero-order valence-corrected chi connectivity index (χ0v) is 12.9. The number of hydrogen-bond acceptors (Lipinski definition) is 3. The minimum atomic E-state index is -0.342. The Morgan fingerprint density at radius 2 is 1.67 bits per heavy atom. The average Bonchev–Trinajstić information content (AvgIpc) is 2.62. The number of phenolic OH excluding ortho intramolecular Hbond substituents is 1. The van der Waals surface area contributed by atoms with E-state index in [4.69, 9.17) is 0 Å². The summed E-state index contributed by atoms with van der Waals surface area (Å²) in [4.78, 5) is 12.4. The first-order chi connectivity index (χ1) is 11.7. The Morgan fingerprint density at radius 1 is 0.875 bits per heavy atom. The molecule has 24 heavy (non-hydrogen) atoms. The van der Waals surface area contributed by atoms with Crippen LogP contribution < -0.4 is 5.32 Å². The Bertz CT molecular complexity index is 860. The summed E-state index contributed by atoms with van der Waals surface area (Å²) in [5, 5.41) is 21.8. The number of amides is 1. The molecule has 3 aromatic rings. The van der Waals surface area contributed by atoms with Crippen LogP contribution in [-0.4, -0.2) is 16.1 Å². The van der Waals surface area contributed by atoms with Gasteiger partial charge in [0.1, 0.15) is 5.75 Å². The number of benzene rings is 3. The van der Waals surface area contributed by atoms with Gasteiger partial charge in [0.25, 0.3) is 5.91 Å². The second-order valence-electron chi connectivity index (χ2n) is 5.40. The van der Waals surface area contributed by atoms with Gasteiger partial charge in [0.2, 0.25) is 0 Å². The highest BCUT2D eigenvalue weighted by atomic mass is 16.3. The molecule has 0 heterocycles. The number of aromatic hydroxyl groups is 1. The predicted octanol–water partition coefficient (Wildman–Crippen LogP) is 3.80. The summed E-state index contributed by atoms with van der Waals surface area (Å²) >= 11 is 0. The monoisotopic (exact) mass is 319 g/mol. The number of carbonyl (C=O) groups excluding carboxylic acids is 1. The molecule has 0 aliphatic heterocycles. The first kappa shape index (κ1) is 15.8. The van der Waals surface area contributed by atoms with Crippen LogP contribution in [0.3, 0.4) is 0 Å². The summed E-state index contributed by atoms with van der Waals surface area (Å²) < 4.78 is 0. The molecule has 4 nitrogen and oxygen atoms in total. The highest BCUT2D eigenvalue weighted by Gasteiger charge is 2.11. The molecule has 0 unspecified atom stereocenters. The van der Waals surface area contributed by atoms with Gasteiger partial charge in [-0.1, -0.05) is 48.5 Å². The fraction of sp³-hybridized carbons (Fsp3) is 0.0500. The number of rotatable bonds is 4. The number of anilines is 1. The summed E-state index contributed by atoms with van der Waals surface area (Å²) in [6.07, 6.45) is 0. The minimum Gasteiger partial charge on any atom is -0.508 e. The van der Waals surface area contributed by atoms with Gasteiger partial charge < -0.3 is 15.5 Å². The Hall–Kier alpha value is -3.11. The number of aliphatic hydroxyl groups excluding tert-OH is 1. The Morgan fingerprint density at radius 3 is 2.38 bits per heavy atom. The van der Waals surface area contributed by atoms with Crippen LogP contribution in [0.4, 0.5) is 5.69 Å². The van der Waals surface area contributed by atoms with Crippen molar-refractivity contribution in [2.45, 2.75) is 6.61 Å². The van der Waals surface area contributed by atoms with E-state index in [0.717, 1.165) is 11.1 Å². The van der Waals surface area contributed by atoms with Crippen molar-refractivity contribution in [1.29, 1.82) is 0 Å². The van der Waals surface area contributed by atoms with Crippen LogP contribution in [0.5, 0.6) is 5.75 Å².